The van der Waals surface area contributed by atoms with E-state index in [1.54, 1.807) is 35.7 Å². The fourth-order valence-electron chi connectivity index (χ4n) is 1.50. The van der Waals surface area contributed by atoms with Crippen molar-refractivity contribution in [1.82, 2.24) is 19.9 Å². The molecule has 2 aromatic rings. The Morgan fingerprint density at radius 1 is 1.41 bits per heavy atom. The van der Waals surface area contributed by atoms with Crippen LogP contribution >= 0.6 is 0 Å². The lowest BCUT2D eigenvalue weighted by atomic mass is 10.3. The number of halogens is 2. The number of pyridine rings is 1. The van der Waals surface area contributed by atoms with Gasteiger partial charge in [0.15, 0.2) is 11.5 Å². The van der Waals surface area contributed by atoms with Crippen molar-refractivity contribution in [2.75, 3.05) is 0 Å². The zero-order valence-electron chi connectivity index (χ0n) is 8.97. The van der Waals surface area contributed by atoms with E-state index in [0.29, 0.717) is 11.5 Å². The average molecular weight is 240 g/mol. The predicted octanol–water partition coefficient (Wildman–Crippen LogP) is 1.17. The van der Waals surface area contributed by atoms with Crippen molar-refractivity contribution in [3.8, 4) is 0 Å². The Hall–Kier alpha value is -2.05. The van der Waals surface area contributed by atoms with Crippen LogP contribution in [0.2, 0.25) is 0 Å². The first kappa shape index (κ1) is 11.4. The van der Waals surface area contributed by atoms with Gasteiger partial charge in [0, 0.05) is 6.20 Å². The average Bonchev–Trinajstić information content (AvgIpc) is 2.72. The van der Waals surface area contributed by atoms with Gasteiger partial charge in [-0.2, -0.15) is 8.78 Å². The minimum absolute atomic E-state index is 0.412. The second-order valence-electron chi connectivity index (χ2n) is 3.52. The van der Waals surface area contributed by atoms with Crippen LogP contribution in [0.4, 0.5) is 8.78 Å². The lowest BCUT2D eigenvalue weighted by molar-refractivity contribution is -0.132. The summed E-state index contributed by atoms with van der Waals surface area (Å²) in [7, 11) is 0. The number of nitrogens with zero attached hydrogens (tertiary/aromatic N) is 3. The highest BCUT2D eigenvalue weighted by Crippen LogP contribution is 2.12. The zero-order valence-corrected chi connectivity index (χ0v) is 8.97. The fourth-order valence-corrected chi connectivity index (χ4v) is 1.50. The van der Waals surface area contributed by atoms with Gasteiger partial charge >= 0.3 is 6.43 Å². The van der Waals surface area contributed by atoms with Crippen molar-refractivity contribution >= 4 is 11.6 Å². The topological polar surface area (TPSA) is 59.3 Å². The van der Waals surface area contributed by atoms with Crippen LogP contribution in [0.1, 0.15) is 18.8 Å². The summed E-state index contributed by atoms with van der Waals surface area (Å²) in [6.07, 6.45) is -1.33. The number of alkyl halides is 2. The van der Waals surface area contributed by atoms with Crippen LogP contribution in [0.25, 0.3) is 5.65 Å². The van der Waals surface area contributed by atoms with E-state index in [1.807, 2.05) is 0 Å². The third kappa shape index (κ3) is 2.22. The van der Waals surface area contributed by atoms with Crippen molar-refractivity contribution in [1.29, 1.82) is 0 Å². The molecule has 0 radical (unpaired) electrons. The molecule has 2 heterocycles. The van der Waals surface area contributed by atoms with Gasteiger partial charge in [0.1, 0.15) is 0 Å². The van der Waals surface area contributed by atoms with Crippen LogP contribution < -0.4 is 5.32 Å². The van der Waals surface area contributed by atoms with Gasteiger partial charge < -0.3 is 5.32 Å². The summed E-state index contributed by atoms with van der Waals surface area (Å²) in [5.41, 5.74) is 0.598. The summed E-state index contributed by atoms with van der Waals surface area (Å²) in [4.78, 5) is 10.9. The lowest BCUT2D eigenvalue weighted by Crippen LogP contribution is -2.32. The molecule has 0 aromatic carbocycles. The van der Waals surface area contributed by atoms with Gasteiger partial charge in [-0.1, -0.05) is 6.07 Å². The third-order valence-corrected chi connectivity index (χ3v) is 2.28. The molecule has 1 N–H and O–H groups in total. The first-order valence-electron chi connectivity index (χ1n) is 4.98. The predicted molar refractivity (Wildman–Crippen MR) is 55.5 cm³/mol. The molecule has 90 valence electrons. The number of amides is 1. The van der Waals surface area contributed by atoms with E-state index in [9.17, 15) is 13.6 Å². The first-order chi connectivity index (χ1) is 8.09. The van der Waals surface area contributed by atoms with Crippen molar-refractivity contribution in [2.45, 2.75) is 19.4 Å². The molecule has 0 aliphatic rings. The van der Waals surface area contributed by atoms with E-state index in [2.05, 4.69) is 15.5 Å². The molecule has 0 aliphatic heterocycles. The molecule has 0 spiro atoms. The Morgan fingerprint density at radius 2 is 2.18 bits per heavy atom. The maximum Gasteiger partial charge on any atom is 0.315 e. The van der Waals surface area contributed by atoms with Crippen molar-refractivity contribution in [3.63, 3.8) is 0 Å². The van der Waals surface area contributed by atoms with Gasteiger partial charge in [-0.25, -0.2) is 0 Å². The Labute approximate surface area is 95.5 Å². The lowest BCUT2D eigenvalue weighted by Gasteiger charge is -2.11. The maximum absolute atomic E-state index is 12.1. The quantitative estimate of drug-likeness (QED) is 0.876. The molecular weight excluding hydrogens is 230 g/mol. The molecule has 0 saturated heterocycles. The molecule has 2 rings (SSSR count). The molecule has 2 aromatic heterocycles. The van der Waals surface area contributed by atoms with Crippen molar-refractivity contribution in [3.05, 3.63) is 30.2 Å². The summed E-state index contributed by atoms with van der Waals surface area (Å²) >= 11 is 0. The van der Waals surface area contributed by atoms with Gasteiger partial charge in [-0.3, -0.25) is 9.20 Å². The monoisotopic (exact) mass is 240 g/mol. The van der Waals surface area contributed by atoms with Crippen molar-refractivity contribution < 1.29 is 13.6 Å². The second kappa shape index (κ2) is 4.44. The molecule has 0 saturated carbocycles. The Kier molecular flexibility index (Phi) is 2.99. The van der Waals surface area contributed by atoms with E-state index in [4.69, 9.17) is 0 Å². The minimum atomic E-state index is -3.03. The van der Waals surface area contributed by atoms with Gasteiger partial charge in [0.25, 0.3) is 5.91 Å². The van der Waals surface area contributed by atoms with E-state index in [1.165, 1.54) is 0 Å². The first-order valence-corrected chi connectivity index (χ1v) is 4.98. The van der Waals surface area contributed by atoms with Crippen LogP contribution in [0.15, 0.2) is 24.4 Å². The molecular formula is C10H10F2N4O. The summed E-state index contributed by atoms with van der Waals surface area (Å²) in [6.45, 7) is 1.57. The Morgan fingerprint density at radius 3 is 2.88 bits per heavy atom. The van der Waals surface area contributed by atoms with E-state index in [0.717, 1.165) is 0 Å². The van der Waals surface area contributed by atoms with Crippen LogP contribution in [-0.2, 0) is 4.79 Å². The van der Waals surface area contributed by atoms with Crippen LogP contribution in [-0.4, -0.2) is 26.9 Å². The largest absolute Gasteiger partial charge is 0.341 e. The fraction of sp³-hybridized carbons (Fsp3) is 0.300. The molecule has 5 nitrogen and oxygen atoms in total. The van der Waals surface area contributed by atoms with Gasteiger partial charge in [-0.05, 0) is 19.1 Å². The number of aromatic nitrogens is 3. The zero-order chi connectivity index (χ0) is 12.4. The Bertz CT molecular complexity index is 540. The number of hydrogen-bond acceptors (Lipinski definition) is 3. The number of rotatable bonds is 3. The summed E-state index contributed by atoms with van der Waals surface area (Å²) < 4.78 is 25.8. The summed E-state index contributed by atoms with van der Waals surface area (Å²) in [5.74, 6) is -0.903. The minimum Gasteiger partial charge on any atom is -0.341 e. The molecule has 0 aliphatic carbocycles. The molecule has 1 unspecified atom stereocenters. The number of hydrogen-bond donors (Lipinski definition) is 1. The molecule has 0 fully saturated rings. The molecule has 1 amide bonds. The number of nitrogens with one attached hydrogen (secondary N) is 1. The number of carbonyl (C=O) groups excluding carboxylic acids is 1. The van der Waals surface area contributed by atoms with Gasteiger partial charge in [-0.15, -0.1) is 10.2 Å². The maximum atomic E-state index is 12.1. The number of fused-ring (bicyclic) bond motifs is 1. The normalized spacial score (nSPS) is 12.9. The van der Waals surface area contributed by atoms with Crippen LogP contribution in [0.5, 0.6) is 0 Å². The summed E-state index contributed by atoms with van der Waals surface area (Å²) in [5, 5.41) is 9.89. The molecule has 7 heteroatoms. The smallest absolute Gasteiger partial charge is 0.315 e. The second-order valence-corrected chi connectivity index (χ2v) is 3.52. The standard InChI is InChI=1S/C10H10F2N4O/c1-6(13-10(17)8(11)12)9-15-14-7-4-2-3-5-16(7)9/h2-6,8H,1H3,(H,13,17). The highest BCUT2D eigenvalue weighted by Gasteiger charge is 2.20. The van der Waals surface area contributed by atoms with Crippen molar-refractivity contribution in [2.24, 2.45) is 0 Å². The number of carbonyl (C=O) groups is 1. The van der Waals surface area contributed by atoms with Crippen LogP contribution in [0.3, 0.4) is 0 Å². The van der Waals surface area contributed by atoms with E-state index < -0.39 is 18.4 Å². The highest BCUT2D eigenvalue weighted by molar-refractivity contribution is 5.79. The molecule has 17 heavy (non-hydrogen) atoms. The summed E-state index contributed by atoms with van der Waals surface area (Å²) in [6, 6.07) is 4.66. The van der Waals surface area contributed by atoms with Crippen LogP contribution in [0, 0.1) is 0 Å². The van der Waals surface area contributed by atoms with Gasteiger partial charge in [0.05, 0.1) is 6.04 Å². The third-order valence-electron chi connectivity index (χ3n) is 2.28. The SMILES string of the molecule is CC(NC(=O)C(F)F)c1nnc2ccccn12. The van der Waals surface area contributed by atoms with Gasteiger partial charge in [0.2, 0.25) is 0 Å². The molecule has 0 bridgehead atoms. The van der Waals surface area contributed by atoms with E-state index >= 15 is 0 Å². The highest BCUT2D eigenvalue weighted by atomic mass is 19.3. The molecule has 1 atom stereocenters. The van der Waals surface area contributed by atoms with E-state index in [-0.39, 0.29) is 0 Å². The Balaban J connectivity index is 2.25.